The minimum absolute atomic E-state index is 0.131. The summed E-state index contributed by atoms with van der Waals surface area (Å²) in [6, 6.07) is 0. The highest BCUT2D eigenvalue weighted by Gasteiger charge is 2.36. The van der Waals surface area contributed by atoms with E-state index in [2.05, 4.69) is 20.8 Å². The summed E-state index contributed by atoms with van der Waals surface area (Å²) in [7, 11) is 1.88. The number of nitrogens with two attached hydrogens (primary N) is 1. The summed E-state index contributed by atoms with van der Waals surface area (Å²) >= 11 is 0. The van der Waals surface area contributed by atoms with Crippen LogP contribution in [0, 0.1) is 10.8 Å². The Morgan fingerprint density at radius 2 is 1.62 bits per heavy atom. The first-order chi connectivity index (χ1) is 7.22. The Morgan fingerprint density at radius 1 is 1.19 bits per heavy atom. The van der Waals surface area contributed by atoms with Crippen molar-refractivity contribution in [2.75, 3.05) is 20.1 Å². The van der Waals surface area contributed by atoms with Gasteiger partial charge in [-0.25, -0.2) is 0 Å². The van der Waals surface area contributed by atoms with Crippen molar-refractivity contribution < 1.29 is 4.79 Å². The van der Waals surface area contributed by atoms with E-state index in [-0.39, 0.29) is 16.7 Å². The van der Waals surface area contributed by atoms with Crippen molar-refractivity contribution in [3.63, 3.8) is 0 Å². The zero-order valence-corrected chi connectivity index (χ0v) is 11.8. The van der Waals surface area contributed by atoms with Crippen LogP contribution in [0.25, 0.3) is 0 Å². The Bertz CT molecular complexity index is 218. The van der Waals surface area contributed by atoms with Gasteiger partial charge >= 0.3 is 0 Å². The summed E-state index contributed by atoms with van der Waals surface area (Å²) in [6.45, 7) is 11.7. The predicted octanol–water partition coefficient (Wildman–Crippen LogP) is 2.26. The van der Waals surface area contributed by atoms with E-state index in [9.17, 15) is 4.79 Å². The summed E-state index contributed by atoms with van der Waals surface area (Å²) in [4.78, 5) is 14.2. The van der Waals surface area contributed by atoms with Gasteiger partial charge in [-0.15, -0.1) is 0 Å². The van der Waals surface area contributed by atoms with E-state index in [1.54, 1.807) is 0 Å². The minimum atomic E-state index is -0.361. The van der Waals surface area contributed by atoms with E-state index in [4.69, 9.17) is 5.73 Å². The van der Waals surface area contributed by atoms with Crippen LogP contribution < -0.4 is 5.73 Å². The first kappa shape index (κ1) is 15.4. The van der Waals surface area contributed by atoms with Crippen molar-refractivity contribution in [2.24, 2.45) is 16.6 Å². The summed E-state index contributed by atoms with van der Waals surface area (Å²) < 4.78 is 0. The third-order valence-corrected chi connectivity index (χ3v) is 3.26. The first-order valence-corrected chi connectivity index (χ1v) is 6.18. The fourth-order valence-corrected chi connectivity index (χ4v) is 2.12. The molecule has 0 atom stereocenters. The van der Waals surface area contributed by atoms with Crippen LogP contribution in [0.2, 0.25) is 0 Å². The summed E-state index contributed by atoms with van der Waals surface area (Å²) in [6.07, 6.45) is 1.63. The van der Waals surface area contributed by atoms with E-state index in [1.165, 1.54) is 0 Å². The molecule has 3 heteroatoms. The summed E-state index contributed by atoms with van der Waals surface area (Å²) in [5, 5.41) is 0. The molecular weight excluding hydrogens is 200 g/mol. The highest BCUT2D eigenvalue weighted by molar-refractivity contribution is 5.82. The normalized spacial score (nSPS) is 12.7. The standard InChI is InChI=1S/C13H28N2O/c1-7-13(8-2,9-14)11(16)15(6)10-12(3,4)5/h7-10,14H2,1-6H3. The fraction of sp³-hybridized carbons (Fsp3) is 0.923. The second-order valence-corrected chi connectivity index (χ2v) is 5.91. The molecule has 0 saturated heterocycles. The quantitative estimate of drug-likeness (QED) is 0.784. The lowest BCUT2D eigenvalue weighted by Gasteiger charge is -2.36. The second-order valence-electron chi connectivity index (χ2n) is 5.91. The molecule has 16 heavy (non-hydrogen) atoms. The number of amides is 1. The molecule has 1 amide bonds. The second kappa shape index (κ2) is 5.67. The summed E-state index contributed by atoms with van der Waals surface area (Å²) in [5.74, 6) is 0.190. The van der Waals surface area contributed by atoms with Crippen LogP contribution in [0.1, 0.15) is 47.5 Å². The first-order valence-electron chi connectivity index (χ1n) is 6.18. The van der Waals surface area contributed by atoms with Crippen LogP contribution >= 0.6 is 0 Å². The summed E-state index contributed by atoms with van der Waals surface area (Å²) in [5.41, 5.74) is 5.55. The molecule has 96 valence electrons. The lowest BCUT2D eigenvalue weighted by molar-refractivity contribution is -0.142. The zero-order chi connectivity index (χ0) is 13.0. The maximum Gasteiger partial charge on any atom is 0.229 e. The smallest absolute Gasteiger partial charge is 0.229 e. The molecule has 0 aromatic rings. The van der Waals surface area contributed by atoms with Crippen LogP contribution in [0.4, 0.5) is 0 Å². The largest absolute Gasteiger partial charge is 0.345 e. The van der Waals surface area contributed by atoms with Gasteiger partial charge in [0.15, 0.2) is 0 Å². The predicted molar refractivity (Wildman–Crippen MR) is 69.2 cm³/mol. The van der Waals surface area contributed by atoms with Crippen molar-refractivity contribution in [1.82, 2.24) is 4.90 Å². The lowest BCUT2D eigenvalue weighted by atomic mass is 9.80. The molecule has 2 N–H and O–H groups in total. The minimum Gasteiger partial charge on any atom is -0.345 e. The highest BCUT2D eigenvalue weighted by Crippen LogP contribution is 2.28. The van der Waals surface area contributed by atoms with E-state index in [1.807, 2.05) is 25.8 Å². The molecule has 0 fully saturated rings. The van der Waals surface area contributed by atoms with Gasteiger partial charge in [-0.1, -0.05) is 34.6 Å². The lowest BCUT2D eigenvalue weighted by Crippen LogP contribution is -2.48. The van der Waals surface area contributed by atoms with Gasteiger partial charge in [0.05, 0.1) is 5.41 Å². The molecule has 0 radical (unpaired) electrons. The molecule has 0 aromatic heterocycles. The van der Waals surface area contributed by atoms with E-state index in [0.29, 0.717) is 6.54 Å². The molecule has 0 bridgehead atoms. The molecule has 0 aliphatic heterocycles. The molecule has 0 aliphatic carbocycles. The van der Waals surface area contributed by atoms with Crippen molar-refractivity contribution in [3.8, 4) is 0 Å². The fourth-order valence-electron chi connectivity index (χ4n) is 2.12. The Hall–Kier alpha value is -0.570. The Labute approximate surface area is 100 Å². The molecule has 0 aliphatic rings. The topological polar surface area (TPSA) is 46.3 Å². The van der Waals surface area contributed by atoms with E-state index < -0.39 is 0 Å². The van der Waals surface area contributed by atoms with Crippen LogP contribution in [0.5, 0.6) is 0 Å². The van der Waals surface area contributed by atoms with Gasteiger partial charge in [0.2, 0.25) is 5.91 Å². The Morgan fingerprint density at radius 3 is 1.88 bits per heavy atom. The van der Waals surface area contributed by atoms with Crippen LogP contribution in [0.3, 0.4) is 0 Å². The van der Waals surface area contributed by atoms with Crippen LogP contribution in [0.15, 0.2) is 0 Å². The third kappa shape index (κ3) is 3.78. The number of nitrogens with zero attached hydrogens (tertiary/aromatic N) is 1. The van der Waals surface area contributed by atoms with Crippen LogP contribution in [-0.4, -0.2) is 30.9 Å². The maximum absolute atomic E-state index is 12.4. The van der Waals surface area contributed by atoms with Gasteiger partial charge in [-0.3, -0.25) is 4.79 Å². The molecule has 0 saturated carbocycles. The molecule has 0 spiro atoms. The molecular formula is C13H28N2O. The average Bonchev–Trinajstić information content (AvgIpc) is 2.18. The SMILES string of the molecule is CCC(CC)(CN)C(=O)N(C)CC(C)(C)C. The molecule has 0 unspecified atom stereocenters. The van der Waals surface area contributed by atoms with E-state index in [0.717, 1.165) is 19.4 Å². The van der Waals surface area contributed by atoms with Gasteiger partial charge in [0, 0.05) is 20.1 Å². The maximum atomic E-state index is 12.4. The third-order valence-electron chi connectivity index (χ3n) is 3.26. The molecule has 0 aromatic carbocycles. The molecule has 3 nitrogen and oxygen atoms in total. The number of carbonyl (C=O) groups excluding carboxylic acids is 1. The number of hydrogen-bond acceptors (Lipinski definition) is 2. The number of hydrogen-bond donors (Lipinski definition) is 1. The Balaban J connectivity index is 4.75. The van der Waals surface area contributed by atoms with Crippen molar-refractivity contribution >= 4 is 5.91 Å². The molecule has 0 heterocycles. The van der Waals surface area contributed by atoms with Gasteiger partial charge in [-0.05, 0) is 18.3 Å². The van der Waals surface area contributed by atoms with Gasteiger partial charge in [0.25, 0.3) is 0 Å². The van der Waals surface area contributed by atoms with E-state index >= 15 is 0 Å². The zero-order valence-electron chi connectivity index (χ0n) is 11.8. The van der Waals surface area contributed by atoms with Crippen LogP contribution in [-0.2, 0) is 4.79 Å². The average molecular weight is 228 g/mol. The van der Waals surface area contributed by atoms with Gasteiger partial charge in [0.1, 0.15) is 0 Å². The van der Waals surface area contributed by atoms with Gasteiger partial charge in [-0.2, -0.15) is 0 Å². The number of rotatable bonds is 5. The number of carbonyl (C=O) groups is 1. The highest BCUT2D eigenvalue weighted by atomic mass is 16.2. The van der Waals surface area contributed by atoms with Crippen molar-refractivity contribution in [3.05, 3.63) is 0 Å². The van der Waals surface area contributed by atoms with Gasteiger partial charge < -0.3 is 10.6 Å². The van der Waals surface area contributed by atoms with Crippen molar-refractivity contribution in [1.29, 1.82) is 0 Å². The monoisotopic (exact) mass is 228 g/mol. The van der Waals surface area contributed by atoms with Crippen molar-refractivity contribution in [2.45, 2.75) is 47.5 Å². The Kier molecular flexibility index (Phi) is 5.47. The molecule has 0 rings (SSSR count).